The Labute approximate surface area is 98.5 Å². The van der Waals surface area contributed by atoms with Gasteiger partial charge in [0.15, 0.2) is 0 Å². The van der Waals surface area contributed by atoms with Gasteiger partial charge in [0.05, 0.1) is 6.10 Å². The highest BCUT2D eigenvalue weighted by molar-refractivity contribution is 5.76. The maximum atomic E-state index is 11.9. The largest absolute Gasteiger partial charge is 0.378 e. The predicted octanol–water partition coefficient (Wildman–Crippen LogP) is 2.37. The Morgan fingerprint density at radius 2 is 2.31 bits per heavy atom. The van der Waals surface area contributed by atoms with E-state index in [9.17, 15) is 4.79 Å². The van der Waals surface area contributed by atoms with E-state index < -0.39 is 0 Å². The van der Waals surface area contributed by atoms with E-state index in [0.29, 0.717) is 19.1 Å². The Balaban J connectivity index is 2.28. The average Bonchev–Trinajstić information content (AvgIpc) is 2.75. The van der Waals surface area contributed by atoms with Crippen molar-refractivity contribution in [3.8, 4) is 0 Å². The zero-order valence-electron chi connectivity index (χ0n) is 10.5. The van der Waals surface area contributed by atoms with Crippen LogP contribution in [-0.2, 0) is 9.53 Å². The van der Waals surface area contributed by atoms with E-state index in [1.54, 1.807) is 0 Å². The summed E-state index contributed by atoms with van der Waals surface area (Å²) in [6.07, 6.45) is 4.03. The number of carbonyl (C=O) groups excluding carboxylic acids is 1. The second-order valence-electron chi connectivity index (χ2n) is 4.54. The molecule has 0 N–H and O–H groups in total. The van der Waals surface area contributed by atoms with Crippen LogP contribution in [-0.4, -0.2) is 36.6 Å². The number of amides is 1. The van der Waals surface area contributed by atoms with Crippen molar-refractivity contribution >= 4 is 5.91 Å². The molecule has 0 aromatic rings. The van der Waals surface area contributed by atoms with Gasteiger partial charge in [0.2, 0.25) is 5.91 Å². The number of likely N-dealkylation sites (N-methyl/N-ethyl adjacent to an activating group) is 1. The average molecular weight is 225 g/mol. The third kappa shape index (κ3) is 4.35. The van der Waals surface area contributed by atoms with Crippen molar-refractivity contribution in [1.82, 2.24) is 4.90 Å². The van der Waals surface area contributed by atoms with E-state index in [1.807, 2.05) is 18.7 Å². The predicted molar refractivity (Wildman–Crippen MR) is 65.3 cm³/mol. The van der Waals surface area contributed by atoms with Gasteiger partial charge < -0.3 is 9.64 Å². The van der Waals surface area contributed by atoms with E-state index in [2.05, 4.69) is 6.58 Å². The number of rotatable bonds is 6. The first kappa shape index (κ1) is 13.2. The first-order valence-electron chi connectivity index (χ1n) is 6.17. The molecular formula is C13H23NO2. The topological polar surface area (TPSA) is 29.5 Å². The standard InChI is InChI=1S/C13H23NO2/c1-4-14(10-11(2)3)13(15)8-7-12-6-5-9-16-12/h12H,2,4-10H2,1,3H3. The second kappa shape index (κ2) is 6.69. The van der Waals surface area contributed by atoms with Gasteiger partial charge in [-0.3, -0.25) is 4.79 Å². The molecule has 3 nitrogen and oxygen atoms in total. The highest BCUT2D eigenvalue weighted by Crippen LogP contribution is 2.17. The monoisotopic (exact) mass is 225 g/mol. The first-order chi connectivity index (χ1) is 7.63. The van der Waals surface area contributed by atoms with Gasteiger partial charge >= 0.3 is 0 Å². The molecular weight excluding hydrogens is 202 g/mol. The number of hydrogen-bond acceptors (Lipinski definition) is 2. The van der Waals surface area contributed by atoms with Crippen LogP contribution in [0, 0.1) is 0 Å². The number of ether oxygens (including phenoxy) is 1. The normalized spacial score (nSPS) is 19.8. The minimum absolute atomic E-state index is 0.223. The fourth-order valence-electron chi connectivity index (χ4n) is 2.02. The van der Waals surface area contributed by atoms with Gasteiger partial charge in [-0.25, -0.2) is 0 Å². The number of nitrogens with zero attached hydrogens (tertiary/aromatic N) is 1. The van der Waals surface area contributed by atoms with E-state index in [0.717, 1.165) is 38.0 Å². The summed E-state index contributed by atoms with van der Waals surface area (Å²) in [7, 11) is 0. The molecule has 1 rings (SSSR count). The molecule has 92 valence electrons. The van der Waals surface area contributed by atoms with E-state index >= 15 is 0 Å². The van der Waals surface area contributed by atoms with Gasteiger partial charge in [-0.2, -0.15) is 0 Å². The Morgan fingerprint density at radius 3 is 2.81 bits per heavy atom. The summed E-state index contributed by atoms with van der Waals surface area (Å²) in [4.78, 5) is 13.8. The van der Waals surface area contributed by atoms with Crippen molar-refractivity contribution in [3.63, 3.8) is 0 Å². The number of carbonyl (C=O) groups is 1. The van der Waals surface area contributed by atoms with Crippen LogP contribution in [0.25, 0.3) is 0 Å². The van der Waals surface area contributed by atoms with Crippen LogP contribution in [0.2, 0.25) is 0 Å². The van der Waals surface area contributed by atoms with Gasteiger partial charge in [-0.1, -0.05) is 12.2 Å². The highest BCUT2D eigenvalue weighted by Gasteiger charge is 2.18. The second-order valence-corrected chi connectivity index (χ2v) is 4.54. The lowest BCUT2D eigenvalue weighted by Crippen LogP contribution is -2.32. The molecule has 1 amide bonds. The lowest BCUT2D eigenvalue weighted by atomic mass is 10.1. The molecule has 1 saturated heterocycles. The SMILES string of the molecule is C=C(C)CN(CC)C(=O)CCC1CCCO1. The molecule has 3 heteroatoms. The van der Waals surface area contributed by atoms with Crippen molar-refractivity contribution in [2.75, 3.05) is 19.7 Å². The first-order valence-corrected chi connectivity index (χ1v) is 6.17. The Bertz CT molecular complexity index is 244. The van der Waals surface area contributed by atoms with Crippen molar-refractivity contribution in [1.29, 1.82) is 0 Å². The van der Waals surface area contributed by atoms with E-state index in [4.69, 9.17) is 4.74 Å². The molecule has 16 heavy (non-hydrogen) atoms. The maximum Gasteiger partial charge on any atom is 0.222 e. The molecule has 1 aliphatic rings. The van der Waals surface area contributed by atoms with Crippen LogP contribution in [0.4, 0.5) is 0 Å². The smallest absolute Gasteiger partial charge is 0.222 e. The molecule has 0 aromatic carbocycles. The minimum atomic E-state index is 0.223. The maximum absolute atomic E-state index is 11.9. The zero-order valence-corrected chi connectivity index (χ0v) is 10.5. The number of hydrogen-bond donors (Lipinski definition) is 0. The molecule has 1 aliphatic heterocycles. The lowest BCUT2D eigenvalue weighted by molar-refractivity contribution is -0.131. The molecule has 0 aliphatic carbocycles. The van der Waals surface area contributed by atoms with Crippen LogP contribution in [0.5, 0.6) is 0 Å². The molecule has 0 spiro atoms. The Morgan fingerprint density at radius 1 is 1.56 bits per heavy atom. The third-order valence-electron chi connectivity index (χ3n) is 2.90. The van der Waals surface area contributed by atoms with E-state index in [1.165, 1.54) is 0 Å². The summed E-state index contributed by atoms with van der Waals surface area (Å²) in [5, 5.41) is 0. The molecule has 1 heterocycles. The fourth-order valence-corrected chi connectivity index (χ4v) is 2.02. The molecule has 0 saturated carbocycles. The summed E-state index contributed by atoms with van der Waals surface area (Å²) in [5.74, 6) is 0.223. The lowest BCUT2D eigenvalue weighted by Gasteiger charge is -2.21. The van der Waals surface area contributed by atoms with Crippen molar-refractivity contribution in [2.45, 2.75) is 45.6 Å². The summed E-state index contributed by atoms with van der Waals surface area (Å²) < 4.78 is 5.51. The summed E-state index contributed by atoms with van der Waals surface area (Å²) in [5.41, 5.74) is 1.03. The van der Waals surface area contributed by atoms with Crippen LogP contribution in [0.1, 0.15) is 39.5 Å². The van der Waals surface area contributed by atoms with Gasteiger partial charge in [-0.15, -0.1) is 0 Å². The van der Waals surface area contributed by atoms with Gasteiger partial charge in [0, 0.05) is 26.1 Å². The molecule has 0 aromatic heterocycles. The van der Waals surface area contributed by atoms with Crippen LogP contribution < -0.4 is 0 Å². The molecule has 1 unspecified atom stereocenters. The molecule has 1 fully saturated rings. The highest BCUT2D eigenvalue weighted by atomic mass is 16.5. The van der Waals surface area contributed by atoms with Crippen LogP contribution in [0.3, 0.4) is 0 Å². The quantitative estimate of drug-likeness (QED) is 0.649. The minimum Gasteiger partial charge on any atom is -0.378 e. The molecule has 1 atom stereocenters. The molecule has 0 radical (unpaired) electrons. The third-order valence-corrected chi connectivity index (χ3v) is 2.90. The fraction of sp³-hybridized carbons (Fsp3) is 0.769. The van der Waals surface area contributed by atoms with E-state index in [-0.39, 0.29) is 5.91 Å². The summed E-state index contributed by atoms with van der Waals surface area (Å²) >= 11 is 0. The van der Waals surface area contributed by atoms with Gasteiger partial charge in [0.25, 0.3) is 0 Å². The van der Waals surface area contributed by atoms with Crippen molar-refractivity contribution in [3.05, 3.63) is 12.2 Å². The van der Waals surface area contributed by atoms with Gasteiger partial charge in [-0.05, 0) is 33.1 Å². The summed E-state index contributed by atoms with van der Waals surface area (Å²) in [6, 6.07) is 0. The van der Waals surface area contributed by atoms with Crippen molar-refractivity contribution in [2.24, 2.45) is 0 Å². The Hall–Kier alpha value is -0.830. The molecule has 0 bridgehead atoms. The summed E-state index contributed by atoms with van der Waals surface area (Å²) in [6.45, 7) is 10.1. The van der Waals surface area contributed by atoms with Crippen LogP contribution >= 0.6 is 0 Å². The zero-order chi connectivity index (χ0) is 12.0. The Kier molecular flexibility index (Phi) is 5.53. The van der Waals surface area contributed by atoms with Crippen LogP contribution in [0.15, 0.2) is 12.2 Å². The van der Waals surface area contributed by atoms with Crippen molar-refractivity contribution < 1.29 is 9.53 Å². The van der Waals surface area contributed by atoms with Gasteiger partial charge in [0.1, 0.15) is 0 Å².